The molecule has 7 aliphatic rings. The van der Waals surface area contributed by atoms with Crippen LogP contribution in [0, 0.1) is 29.6 Å². The lowest BCUT2D eigenvalue weighted by atomic mass is 9.88. The third-order valence-electron chi connectivity index (χ3n) is 12.9. The molecule has 312 valence electrons. The Labute approximate surface area is 334 Å². The van der Waals surface area contributed by atoms with Gasteiger partial charge in [0, 0.05) is 29.3 Å². The molecule has 58 heavy (non-hydrogen) atoms. The van der Waals surface area contributed by atoms with Crippen LogP contribution in [-0.4, -0.2) is 90.0 Å². The van der Waals surface area contributed by atoms with Crippen molar-refractivity contribution in [2.45, 2.75) is 119 Å². The summed E-state index contributed by atoms with van der Waals surface area (Å²) in [6, 6.07) is 1.96. The number of amides is 4. The minimum atomic E-state index is -3.95. The number of hydrogen-bond acceptors (Lipinski definition) is 11. The Hall–Kier alpha value is -4.74. The molecule has 15 nitrogen and oxygen atoms in total. The number of alkyl halides is 2. The van der Waals surface area contributed by atoms with E-state index in [4.69, 9.17) is 14.2 Å². The van der Waals surface area contributed by atoms with Crippen LogP contribution in [0.1, 0.15) is 78.1 Å². The number of carbonyl (C=O) groups is 4. The Morgan fingerprint density at radius 3 is 2.52 bits per heavy atom. The molecule has 1 aromatic heterocycles. The summed E-state index contributed by atoms with van der Waals surface area (Å²) in [7, 11) is -3.95. The molecule has 4 saturated carbocycles. The van der Waals surface area contributed by atoms with Gasteiger partial charge in [-0.3, -0.25) is 19.1 Å². The van der Waals surface area contributed by atoms with Crippen molar-refractivity contribution in [3.63, 3.8) is 0 Å². The van der Waals surface area contributed by atoms with Gasteiger partial charge in [-0.25, -0.2) is 18.2 Å². The average molecular weight is 828 g/mol. The van der Waals surface area contributed by atoms with Crippen LogP contribution in [0.4, 0.5) is 13.6 Å². The SMILES string of the molecule is C[C@@H]1CC/C=C\[C@@H]2C[C@@]2(C(=O)NS(=O)(=O)C2CC2)NC(=O)[C@@H]2C[C@@H](Oc3nccc4c5c(ccc34)OC(F)(F)O5)CN2C(=O)[C@@H](NC(=O)OC2C[C@@H]3C[C@@H]3C2)[C@H](C)C1. The van der Waals surface area contributed by atoms with E-state index < -0.39 is 75.0 Å². The van der Waals surface area contributed by atoms with Gasteiger partial charge in [-0.1, -0.05) is 26.0 Å². The predicted molar refractivity (Wildman–Crippen MR) is 201 cm³/mol. The van der Waals surface area contributed by atoms with Crippen LogP contribution < -0.4 is 29.6 Å². The van der Waals surface area contributed by atoms with Gasteiger partial charge < -0.3 is 34.5 Å². The van der Waals surface area contributed by atoms with E-state index in [-0.39, 0.29) is 60.1 Å². The highest BCUT2D eigenvalue weighted by Gasteiger charge is 2.62. The number of hydrogen-bond donors (Lipinski definition) is 3. The summed E-state index contributed by atoms with van der Waals surface area (Å²) in [4.78, 5) is 62.3. The molecular weight excluding hydrogens is 781 g/mol. The second-order valence-corrected chi connectivity index (χ2v) is 19.4. The summed E-state index contributed by atoms with van der Waals surface area (Å²) in [5.41, 5.74) is -1.58. The minimum Gasteiger partial charge on any atom is -0.472 e. The zero-order chi connectivity index (χ0) is 40.7. The number of allylic oxidation sites excluding steroid dienone is 1. The topological polar surface area (TPSA) is 192 Å². The minimum absolute atomic E-state index is 0.0308. The number of nitrogens with one attached hydrogen (secondary N) is 3. The maximum atomic E-state index is 14.9. The molecule has 4 heterocycles. The van der Waals surface area contributed by atoms with E-state index in [1.807, 2.05) is 19.1 Å². The first-order chi connectivity index (χ1) is 27.6. The molecule has 1 aromatic carbocycles. The first-order valence-electron chi connectivity index (χ1n) is 20.3. The van der Waals surface area contributed by atoms with E-state index in [1.165, 1.54) is 29.3 Å². The molecule has 9 rings (SSSR count). The molecule has 4 aliphatic carbocycles. The van der Waals surface area contributed by atoms with E-state index in [9.17, 15) is 36.4 Å². The van der Waals surface area contributed by atoms with Gasteiger partial charge in [0.05, 0.1) is 11.8 Å². The first-order valence-corrected chi connectivity index (χ1v) is 21.8. The monoisotopic (exact) mass is 827 g/mol. The fraction of sp³-hybridized carbons (Fsp3) is 0.625. The van der Waals surface area contributed by atoms with Crippen molar-refractivity contribution in [3.8, 4) is 17.4 Å². The Balaban J connectivity index is 1.02. The van der Waals surface area contributed by atoms with Crippen molar-refractivity contribution in [1.82, 2.24) is 25.2 Å². The van der Waals surface area contributed by atoms with Gasteiger partial charge in [0.25, 0.3) is 5.91 Å². The van der Waals surface area contributed by atoms with Crippen LogP contribution in [0.15, 0.2) is 36.5 Å². The maximum absolute atomic E-state index is 14.9. The Morgan fingerprint density at radius 2 is 1.76 bits per heavy atom. The van der Waals surface area contributed by atoms with E-state index in [1.54, 1.807) is 0 Å². The highest BCUT2D eigenvalue weighted by atomic mass is 32.2. The van der Waals surface area contributed by atoms with E-state index in [0.29, 0.717) is 42.9 Å². The van der Waals surface area contributed by atoms with Crippen molar-refractivity contribution in [2.75, 3.05) is 6.54 Å². The van der Waals surface area contributed by atoms with Gasteiger partial charge in [0.1, 0.15) is 29.8 Å². The number of fused-ring (bicyclic) bond motifs is 6. The zero-order valence-corrected chi connectivity index (χ0v) is 33.0. The number of nitrogens with zero attached hydrogens (tertiary/aromatic N) is 2. The molecule has 18 heteroatoms. The molecule has 4 amide bonds. The Kier molecular flexibility index (Phi) is 9.50. The second kappa shape index (κ2) is 14.2. The lowest BCUT2D eigenvalue weighted by Crippen LogP contribution is -2.59. The third kappa shape index (κ3) is 7.52. The highest BCUT2D eigenvalue weighted by Crippen LogP contribution is 2.53. The number of benzene rings is 1. The molecule has 0 spiro atoms. The summed E-state index contributed by atoms with van der Waals surface area (Å²) in [6.45, 7) is 3.79. The molecule has 2 aromatic rings. The number of sulfonamides is 1. The molecular formula is C40H47F2N5O10S. The second-order valence-electron chi connectivity index (χ2n) is 17.4. The third-order valence-corrected chi connectivity index (χ3v) is 14.7. The molecule has 3 aliphatic heterocycles. The number of carbonyl (C=O) groups excluding carboxylic acids is 4. The molecule has 1 unspecified atom stereocenters. The van der Waals surface area contributed by atoms with Gasteiger partial charge in [0.15, 0.2) is 11.5 Å². The number of pyridine rings is 1. The van der Waals surface area contributed by atoms with Crippen LogP contribution in [0.3, 0.4) is 0 Å². The standard InChI is InChI=1S/C40H47F2N5O10S/c1-20-5-3-4-6-24-18-39(24,37(50)46-58(52,53)27-7-8-27)45-34(48)30-17-26(54-35-29-9-10-31-33(28(29)11-12-43-35)57-40(41,42)56-31)19-47(30)36(49)32(21(2)13-20)44-38(51)55-25-15-22-14-23(22)16-25/h4,6,9-12,20-27,30,32H,3,5,7-8,13-19H2,1-2H3,(H,44,51)(H,45,48)(H,46,50)/b6-4-/t20-,21-,22-,23+,24-,25?,26-,30+,32+,39-/m1/s1. The highest BCUT2D eigenvalue weighted by molar-refractivity contribution is 7.91. The van der Waals surface area contributed by atoms with Gasteiger partial charge in [-0.05, 0) is 99.7 Å². The normalized spacial score (nSPS) is 35.7. The Morgan fingerprint density at radius 1 is 0.983 bits per heavy atom. The molecule has 0 bridgehead atoms. The van der Waals surface area contributed by atoms with Gasteiger partial charge >= 0.3 is 12.4 Å². The largest absolute Gasteiger partial charge is 0.586 e. The van der Waals surface area contributed by atoms with Crippen LogP contribution in [0.25, 0.3) is 10.8 Å². The van der Waals surface area contributed by atoms with Crippen molar-refractivity contribution < 1.29 is 55.3 Å². The number of rotatable bonds is 7. The van der Waals surface area contributed by atoms with E-state index in [0.717, 1.165) is 25.7 Å². The zero-order valence-electron chi connectivity index (χ0n) is 32.2. The number of ether oxygens (including phenoxy) is 4. The van der Waals surface area contributed by atoms with Crippen LogP contribution >= 0.6 is 0 Å². The van der Waals surface area contributed by atoms with Gasteiger partial charge in [-0.2, -0.15) is 0 Å². The molecule has 0 radical (unpaired) electrons. The smallest absolute Gasteiger partial charge is 0.472 e. The molecule has 5 fully saturated rings. The van der Waals surface area contributed by atoms with Crippen LogP contribution in [0.2, 0.25) is 0 Å². The molecule has 1 saturated heterocycles. The van der Waals surface area contributed by atoms with Crippen molar-refractivity contribution in [1.29, 1.82) is 0 Å². The van der Waals surface area contributed by atoms with Gasteiger partial charge in [0.2, 0.25) is 27.7 Å². The predicted octanol–water partition coefficient (Wildman–Crippen LogP) is 4.29. The summed E-state index contributed by atoms with van der Waals surface area (Å²) >= 11 is 0. The molecule has 3 N–H and O–H groups in total. The summed E-state index contributed by atoms with van der Waals surface area (Å²) in [5, 5.41) is 5.59. The lowest BCUT2D eigenvalue weighted by Gasteiger charge is -2.33. The fourth-order valence-electron chi connectivity index (χ4n) is 9.45. The Bertz CT molecular complexity index is 2180. The van der Waals surface area contributed by atoms with E-state index in [2.05, 4.69) is 32.0 Å². The quantitative estimate of drug-likeness (QED) is 0.338. The van der Waals surface area contributed by atoms with Crippen LogP contribution in [0.5, 0.6) is 17.4 Å². The number of aromatic nitrogens is 1. The van der Waals surface area contributed by atoms with Crippen molar-refractivity contribution >= 4 is 44.6 Å². The summed E-state index contributed by atoms with van der Waals surface area (Å²) in [6.07, 6.45) is 5.06. The number of alkyl carbamates (subject to hydrolysis) is 1. The lowest BCUT2D eigenvalue weighted by molar-refractivity contribution is -0.286. The van der Waals surface area contributed by atoms with Crippen molar-refractivity contribution in [3.05, 3.63) is 36.5 Å². The van der Waals surface area contributed by atoms with E-state index >= 15 is 0 Å². The van der Waals surface area contributed by atoms with Crippen molar-refractivity contribution in [2.24, 2.45) is 29.6 Å². The van der Waals surface area contributed by atoms with Crippen LogP contribution in [-0.2, 0) is 29.1 Å². The molecule has 10 atom stereocenters. The van der Waals surface area contributed by atoms with Gasteiger partial charge in [-0.15, -0.1) is 8.78 Å². The summed E-state index contributed by atoms with van der Waals surface area (Å²) in [5.74, 6) is -2.04. The fourth-order valence-corrected chi connectivity index (χ4v) is 10.8. The average Bonchev–Trinajstić information content (AvgIpc) is 4.12. The maximum Gasteiger partial charge on any atom is 0.586 e. The number of halogens is 2. The first kappa shape index (κ1) is 38.8. The summed E-state index contributed by atoms with van der Waals surface area (Å²) < 4.78 is 77.6.